The highest BCUT2D eigenvalue weighted by Crippen LogP contribution is 2.06. The first-order valence-corrected chi connectivity index (χ1v) is 6.31. The molecule has 3 N–H and O–H groups in total. The summed E-state index contributed by atoms with van der Waals surface area (Å²) in [5, 5.41) is 8.03. The van der Waals surface area contributed by atoms with Crippen LogP contribution < -0.4 is 10.5 Å². The number of hydrogen-bond donors (Lipinski definition) is 2. The van der Waals surface area contributed by atoms with Crippen LogP contribution in [0.25, 0.3) is 0 Å². The molecule has 0 heterocycles. The maximum Gasteiger partial charge on any atom is 0.408 e. The van der Waals surface area contributed by atoms with E-state index in [1.165, 1.54) is 6.08 Å². The minimum absolute atomic E-state index is 0.479. The van der Waals surface area contributed by atoms with Crippen LogP contribution in [0, 0.1) is 0 Å². The van der Waals surface area contributed by atoms with Gasteiger partial charge in [0.1, 0.15) is 5.60 Å². The lowest BCUT2D eigenvalue weighted by Crippen LogP contribution is -2.36. The highest BCUT2D eigenvalue weighted by molar-refractivity contribution is 7.92. The largest absolute Gasteiger partial charge is 0.444 e. The van der Waals surface area contributed by atoms with E-state index in [-0.39, 0.29) is 0 Å². The summed E-state index contributed by atoms with van der Waals surface area (Å²) < 4.78 is 26.2. The zero-order valence-electron chi connectivity index (χ0n) is 9.85. The highest BCUT2D eigenvalue weighted by Gasteiger charge is 2.16. The molecule has 16 heavy (non-hydrogen) atoms. The third-order valence-corrected chi connectivity index (χ3v) is 1.84. The van der Waals surface area contributed by atoms with Crippen LogP contribution >= 0.6 is 0 Å². The summed E-state index contributed by atoms with van der Waals surface area (Å²) in [5.41, 5.74) is -0.590. The molecular weight excluding hydrogens is 232 g/mol. The molecule has 0 saturated carbocycles. The number of carbonyl (C=O) groups excluding carboxylic acids is 1. The van der Waals surface area contributed by atoms with Crippen molar-refractivity contribution in [2.24, 2.45) is 5.14 Å². The quantitative estimate of drug-likeness (QED) is 0.770. The molecular formula is C9H18N2O4S. The van der Waals surface area contributed by atoms with Crippen LogP contribution in [-0.4, -0.2) is 26.2 Å². The zero-order chi connectivity index (χ0) is 13.0. The normalized spacial score (nSPS) is 14.8. The Morgan fingerprint density at radius 2 is 1.94 bits per heavy atom. The van der Waals surface area contributed by atoms with Gasteiger partial charge in [0.25, 0.3) is 0 Å². The number of sulfonamides is 1. The average Bonchev–Trinajstić information content (AvgIpc) is 1.95. The first-order valence-electron chi connectivity index (χ1n) is 4.70. The standard InChI is InChI=1S/C9H18N2O4S/c1-7(5-6-16(10,13)14)11-8(12)15-9(2,3)4/h5-7H,1-4H3,(H,11,12)(H2,10,13,14)/b6-5+. The summed E-state index contributed by atoms with van der Waals surface area (Å²) in [7, 11) is -3.66. The van der Waals surface area contributed by atoms with E-state index < -0.39 is 27.8 Å². The molecule has 0 aliphatic rings. The molecule has 0 saturated heterocycles. The molecule has 1 amide bonds. The van der Waals surface area contributed by atoms with Crippen LogP contribution in [0.1, 0.15) is 27.7 Å². The number of ether oxygens (including phenoxy) is 1. The topological polar surface area (TPSA) is 98.5 Å². The number of nitrogens with one attached hydrogen (secondary N) is 1. The molecule has 0 aromatic rings. The van der Waals surface area contributed by atoms with Crippen LogP contribution in [0.15, 0.2) is 11.5 Å². The number of rotatable bonds is 3. The minimum Gasteiger partial charge on any atom is -0.444 e. The number of amides is 1. The third-order valence-electron chi connectivity index (χ3n) is 1.30. The van der Waals surface area contributed by atoms with Crippen molar-refractivity contribution in [3.05, 3.63) is 11.5 Å². The van der Waals surface area contributed by atoms with Crippen molar-refractivity contribution in [1.82, 2.24) is 5.32 Å². The van der Waals surface area contributed by atoms with Gasteiger partial charge in [-0.2, -0.15) is 0 Å². The number of nitrogens with two attached hydrogens (primary N) is 1. The van der Waals surface area contributed by atoms with Gasteiger partial charge < -0.3 is 10.1 Å². The molecule has 1 atom stereocenters. The Bertz CT molecular complexity index is 367. The highest BCUT2D eigenvalue weighted by atomic mass is 32.2. The predicted octanol–water partition coefficient (Wildman–Crippen LogP) is 0.702. The van der Waals surface area contributed by atoms with Crippen molar-refractivity contribution < 1.29 is 17.9 Å². The molecule has 1 unspecified atom stereocenters. The second kappa shape index (κ2) is 5.31. The minimum atomic E-state index is -3.66. The maximum absolute atomic E-state index is 11.2. The van der Waals surface area contributed by atoms with Crippen LogP contribution in [0.2, 0.25) is 0 Å². The SMILES string of the molecule is CC(/C=C/S(N)(=O)=O)NC(=O)OC(C)(C)C. The summed E-state index contributed by atoms with van der Waals surface area (Å²) in [6.45, 7) is 6.80. The Hall–Kier alpha value is -1.08. The van der Waals surface area contributed by atoms with E-state index >= 15 is 0 Å². The fourth-order valence-electron chi connectivity index (χ4n) is 0.769. The molecule has 0 fully saturated rings. The van der Waals surface area contributed by atoms with Crippen LogP contribution in [0.3, 0.4) is 0 Å². The van der Waals surface area contributed by atoms with Gasteiger partial charge in [-0.15, -0.1) is 0 Å². The monoisotopic (exact) mass is 250 g/mol. The molecule has 0 aliphatic carbocycles. The van der Waals surface area contributed by atoms with Crippen molar-refractivity contribution in [1.29, 1.82) is 0 Å². The van der Waals surface area contributed by atoms with E-state index in [1.54, 1.807) is 27.7 Å². The molecule has 0 aromatic heterocycles. The van der Waals surface area contributed by atoms with Gasteiger partial charge in [-0.25, -0.2) is 18.4 Å². The van der Waals surface area contributed by atoms with Crippen molar-refractivity contribution in [2.75, 3.05) is 0 Å². The lowest BCUT2D eigenvalue weighted by Gasteiger charge is -2.20. The van der Waals surface area contributed by atoms with E-state index in [0.717, 1.165) is 5.41 Å². The van der Waals surface area contributed by atoms with E-state index in [9.17, 15) is 13.2 Å². The lowest BCUT2D eigenvalue weighted by molar-refractivity contribution is 0.0518. The summed E-state index contributed by atoms with van der Waals surface area (Å²) in [6.07, 6.45) is 0.651. The van der Waals surface area contributed by atoms with Gasteiger partial charge in [-0.05, 0) is 33.8 Å². The third kappa shape index (κ3) is 9.47. The molecule has 94 valence electrons. The fraction of sp³-hybridized carbons (Fsp3) is 0.667. The van der Waals surface area contributed by atoms with Gasteiger partial charge in [0.15, 0.2) is 0 Å². The van der Waals surface area contributed by atoms with E-state index in [1.807, 2.05) is 0 Å². The molecule has 7 heteroatoms. The van der Waals surface area contributed by atoms with Gasteiger partial charge in [-0.1, -0.05) is 0 Å². The Kier molecular flexibility index (Phi) is 4.95. The molecule has 6 nitrogen and oxygen atoms in total. The van der Waals surface area contributed by atoms with E-state index in [0.29, 0.717) is 0 Å². The molecule has 0 radical (unpaired) electrons. The fourth-order valence-corrected chi connectivity index (χ4v) is 1.22. The smallest absolute Gasteiger partial charge is 0.408 e. The predicted molar refractivity (Wildman–Crippen MR) is 61.1 cm³/mol. The van der Waals surface area contributed by atoms with Gasteiger partial charge >= 0.3 is 6.09 Å². The van der Waals surface area contributed by atoms with Crippen molar-refractivity contribution in [3.8, 4) is 0 Å². The average molecular weight is 250 g/mol. The first-order chi connectivity index (χ1) is 6.99. The summed E-state index contributed by atoms with van der Waals surface area (Å²) in [4.78, 5) is 11.2. The van der Waals surface area contributed by atoms with Gasteiger partial charge in [0.05, 0.1) is 0 Å². The molecule has 0 rings (SSSR count). The first kappa shape index (κ1) is 14.9. The summed E-state index contributed by atoms with van der Waals surface area (Å²) in [6, 6.07) is -0.479. The number of hydrogen-bond acceptors (Lipinski definition) is 4. The Morgan fingerprint density at radius 1 is 1.44 bits per heavy atom. The molecule has 0 spiro atoms. The van der Waals surface area contributed by atoms with E-state index in [4.69, 9.17) is 9.88 Å². The number of carbonyl (C=O) groups is 1. The van der Waals surface area contributed by atoms with Crippen LogP contribution in [-0.2, 0) is 14.8 Å². The Balaban J connectivity index is 4.22. The summed E-state index contributed by atoms with van der Waals surface area (Å²) in [5.74, 6) is 0. The molecule has 0 bridgehead atoms. The molecule has 0 aromatic carbocycles. The van der Waals surface area contributed by atoms with Gasteiger partial charge in [-0.3, -0.25) is 0 Å². The van der Waals surface area contributed by atoms with E-state index in [2.05, 4.69) is 5.32 Å². The van der Waals surface area contributed by atoms with Crippen molar-refractivity contribution in [3.63, 3.8) is 0 Å². The Labute approximate surface area is 95.9 Å². The van der Waals surface area contributed by atoms with Crippen LogP contribution in [0.5, 0.6) is 0 Å². The van der Waals surface area contributed by atoms with Crippen LogP contribution in [0.4, 0.5) is 4.79 Å². The second-order valence-corrected chi connectivity index (χ2v) is 5.80. The van der Waals surface area contributed by atoms with Gasteiger partial charge in [0, 0.05) is 11.4 Å². The summed E-state index contributed by atoms with van der Waals surface area (Å²) >= 11 is 0. The zero-order valence-corrected chi connectivity index (χ0v) is 10.7. The second-order valence-electron chi connectivity index (χ2n) is 4.35. The number of alkyl carbamates (subject to hydrolysis) is 1. The molecule has 0 aliphatic heterocycles. The van der Waals surface area contributed by atoms with Crippen molar-refractivity contribution in [2.45, 2.75) is 39.3 Å². The Morgan fingerprint density at radius 3 is 2.31 bits per heavy atom. The van der Waals surface area contributed by atoms with Gasteiger partial charge in [0.2, 0.25) is 10.0 Å². The lowest BCUT2D eigenvalue weighted by atomic mass is 10.2. The van der Waals surface area contributed by atoms with Crippen molar-refractivity contribution >= 4 is 16.1 Å². The maximum atomic E-state index is 11.2. The number of primary sulfonamides is 1.